The zero-order valence-electron chi connectivity index (χ0n) is 14.8. The summed E-state index contributed by atoms with van der Waals surface area (Å²) in [6.07, 6.45) is -4.36. The molecule has 27 heavy (non-hydrogen) atoms. The fourth-order valence-corrected chi connectivity index (χ4v) is 3.08. The average molecular weight is 378 g/mol. The van der Waals surface area contributed by atoms with Gasteiger partial charge in [-0.1, -0.05) is 36.4 Å². The number of nitrogens with zero attached hydrogens (tertiary/aromatic N) is 2. The Balaban J connectivity index is 1.50. The Bertz CT molecular complexity index is 757. The van der Waals surface area contributed by atoms with Crippen LogP contribution < -0.4 is 4.74 Å². The first-order valence-corrected chi connectivity index (χ1v) is 8.76. The Kier molecular flexibility index (Phi) is 6.01. The second-order valence-corrected chi connectivity index (χ2v) is 6.41. The van der Waals surface area contributed by atoms with Crippen LogP contribution in [0, 0.1) is 0 Å². The quantitative estimate of drug-likeness (QED) is 0.799. The minimum Gasteiger partial charge on any atom is -0.484 e. The molecule has 7 heteroatoms. The molecule has 0 saturated carbocycles. The lowest BCUT2D eigenvalue weighted by Crippen LogP contribution is -2.49. The minimum absolute atomic E-state index is 0.0408. The summed E-state index contributed by atoms with van der Waals surface area (Å²) in [7, 11) is 0. The molecule has 0 spiro atoms. The Morgan fingerprint density at radius 3 is 2.22 bits per heavy atom. The van der Waals surface area contributed by atoms with Crippen molar-refractivity contribution in [1.29, 1.82) is 0 Å². The van der Waals surface area contributed by atoms with Gasteiger partial charge in [0.25, 0.3) is 5.91 Å². The molecule has 1 saturated heterocycles. The van der Waals surface area contributed by atoms with E-state index >= 15 is 0 Å². The van der Waals surface area contributed by atoms with E-state index in [2.05, 4.69) is 0 Å². The van der Waals surface area contributed by atoms with Crippen LogP contribution >= 0.6 is 0 Å². The van der Waals surface area contributed by atoms with Crippen LogP contribution in [0.1, 0.15) is 11.1 Å². The van der Waals surface area contributed by atoms with Crippen LogP contribution in [0.5, 0.6) is 5.75 Å². The molecule has 1 amide bonds. The van der Waals surface area contributed by atoms with Crippen molar-refractivity contribution >= 4 is 5.91 Å². The van der Waals surface area contributed by atoms with Crippen LogP contribution in [0.4, 0.5) is 13.2 Å². The van der Waals surface area contributed by atoms with Crippen LogP contribution in [0.3, 0.4) is 0 Å². The van der Waals surface area contributed by atoms with Gasteiger partial charge >= 0.3 is 6.18 Å². The zero-order valence-corrected chi connectivity index (χ0v) is 14.8. The Morgan fingerprint density at radius 1 is 0.926 bits per heavy atom. The second-order valence-electron chi connectivity index (χ2n) is 6.41. The zero-order chi connectivity index (χ0) is 19.3. The average Bonchev–Trinajstić information content (AvgIpc) is 2.67. The number of ether oxygens (including phenoxy) is 1. The highest BCUT2D eigenvalue weighted by Gasteiger charge is 2.33. The van der Waals surface area contributed by atoms with Crippen molar-refractivity contribution < 1.29 is 22.7 Å². The normalized spacial score (nSPS) is 15.6. The molecule has 2 aromatic carbocycles. The number of piperazine rings is 1. The summed E-state index contributed by atoms with van der Waals surface area (Å²) in [5, 5.41) is 0. The molecular weight excluding hydrogens is 357 g/mol. The van der Waals surface area contributed by atoms with Crippen molar-refractivity contribution in [2.75, 3.05) is 32.8 Å². The van der Waals surface area contributed by atoms with E-state index in [4.69, 9.17) is 4.74 Å². The van der Waals surface area contributed by atoms with Gasteiger partial charge < -0.3 is 9.64 Å². The maximum Gasteiger partial charge on any atom is 0.416 e. The van der Waals surface area contributed by atoms with Gasteiger partial charge in [0.1, 0.15) is 5.75 Å². The number of amides is 1. The molecule has 2 aromatic rings. The third-order valence-corrected chi connectivity index (χ3v) is 4.55. The van der Waals surface area contributed by atoms with Gasteiger partial charge in [0.15, 0.2) is 6.61 Å². The molecule has 0 atom stereocenters. The fourth-order valence-electron chi connectivity index (χ4n) is 3.08. The lowest BCUT2D eigenvalue weighted by atomic mass is 10.1. The molecule has 1 aliphatic heterocycles. The Labute approximate surface area is 156 Å². The van der Waals surface area contributed by atoms with Gasteiger partial charge in [-0.15, -0.1) is 0 Å². The van der Waals surface area contributed by atoms with E-state index in [0.717, 1.165) is 6.07 Å². The molecule has 1 aliphatic rings. The molecule has 0 radical (unpaired) electrons. The van der Waals surface area contributed by atoms with Crippen molar-refractivity contribution in [2.24, 2.45) is 0 Å². The number of hydrogen-bond acceptors (Lipinski definition) is 3. The second kappa shape index (κ2) is 8.43. The molecule has 0 bridgehead atoms. The Morgan fingerprint density at radius 2 is 1.56 bits per heavy atom. The highest BCUT2D eigenvalue weighted by molar-refractivity contribution is 5.77. The van der Waals surface area contributed by atoms with E-state index in [1.165, 1.54) is 12.1 Å². The van der Waals surface area contributed by atoms with Gasteiger partial charge in [0.05, 0.1) is 5.56 Å². The van der Waals surface area contributed by atoms with E-state index in [-0.39, 0.29) is 24.6 Å². The standard InChI is InChI=1S/C20H21F3N2O2/c21-20(22,23)18-9-5-4-6-16(18)14-24-10-12-25(13-11-24)19(26)15-27-17-7-2-1-3-8-17/h1-9H,10-15H2. The number of hydrogen-bond donors (Lipinski definition) is 0. The molecular formula is C20H21F3N2O2. The largest absolute Gasteiger partial charge is 0.484 e. The van der Waals surface area contributed by atoms with Crippen LogP contribution in [-0.4, -0.2) is 48.5 Å². The van der Waals surface area contributed by atoms with E-state index in [1.54, 1.807) is 23.1 Å². The minimum atomic E-state index is -4.36. The molecule has 3 rings (SSSR count). The van der Waals surface area contributed by atoms with Crippen molar-refractivity contribution in [3.63, 3.8) is 0 Å². The number of para-hydroxylation sites is 1. The molecule has 0 aliphatic carbocycles. The maximum atomic E-state index is 13.1. The summed E-state index contributed by atoms with van der Waals surface area (Å²) in [5.74, 6) is 0.516. The third-order valence-electron chi connectivity index (χ3n) is 4.55. The summed E-state index contributed by atoms with van der Waals surface area (Å²) in [6.45, 7) is 2.20. The molecule has 4 nitrogen and oxygen atoms in total. The molecule has 0 N–H and O–H groups in total. The number of carbonyl (C=O) groups is 1. The highest BCUT2D eigenvalue weighted by Crippen LogP contribution is 2.32. The fraction of sp³-hybridized carbons (Fsp3) is 0.350. The summed E-state index contributed by atoms with van der Waals surface area (Å²) in [4.78, 5) is 15.9. The van der Waals surface area contributed by atoms with Crippen molar-refractivity contribution in [3.05, 3.63) is 65.7 Å². The Hall–Kier alpha value is -2.54. The van der Waals surface area contributed by atoms with E-state index in [0.29, 0.717) is 31.9 Å². The number of benzene rings is 2. The molecule has 0 aromatic heterocycles. The van der Waals surface area contributed by atoms with Gasteiger partial charge in [-0.2, -0.15) is 13.2 Å². The first kappa shape index (κ1) is 19.2. The number of rotatable bonds is 5. The van der Waals surface area contributed by atoms with Gasteiger partial charge in [0, 0.05) is 32.7 Å². The molecule has 0 unspecified atom stereocenters. The SMILES string of the molecule is O=C(COc1ccccc1)N1CCN(Cc2ccccc2C(F)(F)F)CC1. The van der Waals surface area contributed by atoms with E-state index in [9.17, 15) is 18.0 Å². The van der Waals surface area contributed by atoms with Crippen LogP contribution in [0.2, 0.25) is 0 Å². The number of halogens is 3. The first-order valence-electron chi connectivity index (χ1n) is 8.76. The third kappa shape index (κ3) is 5.23. The predicted octanol–water partition coefficient (Wildman–Crippen LogP) is 3.43. The first-order chi connectivity index (χ1) is 12.9. The van der Waals surface area contributed by atoms with E-state index in [1.807, 2.05) is 23.1 Å². The van der Waals surface area contributed by atoms with E-state index < -0.39 is 11.7 Å². The molecule has 1 heterocycles. The van der Waals surface area contributed by atoms with Crippen molar-refractivity contribution in [1.82, 2.24) is 9.80 Å². The number of carbonyl (C=O) groups excluding carboxylic acids is 1. The van der Waals surface area contributed by atoms with Crippen LogP contribution in [0.25, 0.3) is 0 Å². The molecule has 1 fully saturated rings. The summed E-state index contributed by atoms with van der Waals surface area (Å²) in [5.41, 5.74) is -0.336. The van der Waals surface area contributed by atoms with Crippen LogP contribution in [0.15, 0.2) is 54.6 Å². The van der Waals surface area contributed by atoms with Gasteiger partial charge in [-0.3, -0.25) is 9.69 Å². The van der Waals surface area contributed by atoms with Gasteiger partial charge in [-0.05, 0) is 23.8 Å². The van der Waals surface area contributed by atoms with Gasteiger partial charge in [-0.25, -0.2) is 0 Å². The molecule has 144 valence electrons. The summed E-state index contributed by atoms with van der Waals surface area (Å²) >= 11 is 0. The number of alkyl halides is 3. The smallest absolute Gasteiger partial charge is 0.416 e. The maximum absolute atomic E-state index is 13.1. The predicted molar refractivity (Wildman–Crippen MR) is 95.2 cm³/mol. The van der Waals surface area contributed by atoms with Crippen LogP contribution in [-0.2, 0) is 17.5 Å². The summed E-state index contributed by atoms with van der Waals surface area (Å²) in [6, 6.07) is 14.7. The van der Waals surface area contributed by atoms with Gasteiger partial charge in [0.2, 0.25) is 0 Å². The lowest BCUT2D eigenvalue weighted by molar-refractivity contribution is -0.138. The van der Waals surface area contributed by atoms with Crippen molar-refractivity contribution in [2.45, 2.75) is 12.7 Å². The highest BCUT2D eigenvalue weighted by atomic mass is 19.4. The topological polar surface area (TPSA) is 32.8 Å². The lowest BCUT2D eigenvalue weighted by Gasteiger charge is -2.35. The van der Waals surface area contributed by atoms with Crippen molar-refractivity contribution in [3.8, 4) is 5.75 Å². The monoisotopic (exact) mass is 378 g/mol. The summed E-state index contributed by atoms with van der Waals surface area (Å²) < 4.78 is 44.8.